The molecule has 33 heavy (non-hydrogen) atoms. The molecule has 0 saturated carbocycles. The van der Waals surface area contributed by atoms with Crippen molar-refractivity contribution in [2.45, 2.75) is 45.8 Å². The van der Waals surface area contributed by atoms with Crippen molar-refractivity contribution in [2.24, 2.45) is 0 Å². The van der Waals surface area contributed by atoms with Crippen molar-refractivity contribution >= 4 is 43.5 Å². The van der Waals surface area contributed by atoms with Gasteiger partial charge in [0.15, 0.2) is 0 Å². The molecule has 2 rings (SSSR count). The fourth-order valence-corrected chi connectivity index (χ4v) is 4.19. The Labute approximate surface area is 203 Å². The predicted octanol–water partition coefficient (Wildman–Crippen LogP) is 3.69. The zero-order chi connectivity index (χ0) is 24.8. The zero-order valence-corrected chi connectivity index (χ0v) is 21.5. The van der Waals surface area contributed by atoms with E-state index < -0.39 is 34.3 Å². The number of nitrogens with one attached hydrogen (secondary N) is 1. The van der Waals surface area contributed by atoms with Crippen LogP contribution in [0.3, 0.4) is 0 Å². The quantitative estimate of drug-likeness (QED) is 0.497. The Morgan fingerprint density at radius 2 is 1.76 bits per heavy atom. The summed E-state index contributed by atoms with van der Waals surface area (Å²) in [7, 11) is -3.90. The molecule has 0 saturated heterocycles. The zero-order valence-electron chi connectivity index (χ0n) is 19.1. The van der Waals surface area contributed by atoms with E-state index in [1.807, 2.05) is 38.1 Å². The average molecular weight is 542 g/mol. The van der Waals surface area contributed by atoms with Crippen LogP contribution in [0.5, 0.6) is 0 Å². The summed E-state index contributed by atoms with van der Waals surface area (Å²) in [6, 6.07) is 11.3. The van der Waals surface area contributed by atoms with Crippen molar-refractivity contribution in [3.05, 3.63) is 64.4 Å². The van der Waals surface area contributed by atoms with Crippen LogP contribution in [0.2, 0.25) is 0 Å². The van der Waals surface area contributed by atoms with Crippen LogP contribution in [0.15, 0.2) is 53.0 Å². The number of hydrogen-bond acceptors (Lipinski definition) is 4. The lowest BCUT2D eigenvalue weighted by Crippen LogP contribution is -2.52. The van der Waals surface area contributed by atoms with Gasteiger partial charge in [0.05, 0.1) is 11.9 Å². The maximum Gasteiger partial charge on any atom is 0.244 e. The lowest BCUT2D eigenvalue weighted by Gasteiger charge is -2.32. The average Bonchev–Trinajstić information content (AvgIpc) is 2.75. The van der Waals surface area contributed by atoms with Gasteiger partial charge in [-0.2, -0.15) is 0 Å². The van der Waals surface area contributed by atoms with Gasteiger partial charge in [-0.1, -0.05) is 41.1 Å². The molecule has 0 heterocycles. The van der Waals surface area contributed by atoms with Crippen LogP contribution in [0.4, 0.5) is 10.1 Å². The van der Waals surface area contributed by atoms with E-state index in [9.17, 15) is 22.4 Å². The summed E-state index contributed by atoms with van der Waals surface area (Å²) in [5.41, 5.74) is 0.803. The third kappa shape index (κ3) is 7.82. The molecule has 0 unspecified atom stereocenters. The summed E-state index contributed by atoms with van der Waals surface area (Å²) in [4.78, 5) is 27.5. The number of nitrogens with zero attached hydrogens (tertiary/aromatic N) is 2. The van der Waals surface area contributed by atoms with Gasteiger partial charge < -0.3 is 10.2 Å². The van der Waals surface area contributed by atoms with E-state index in [4.69, 9.17) is 0 Å². The van der Waals surface area contributed by atoms with Gasteiger partial charge >= 0.3 is 0 Å². The first kappa shape index (κ1) is 26.8. The lowest BCUT2D eigenvalue weighted by molar-refractivity contribution is -0.139. The van der Waals surface area contributed by atoms with E-state index in [0.717, 1.165) is 33.1 Å². The van der Waals surface area contributed by atoms with Crippen molar-refractivity contribution in [3.63, 3.8) is 0 Å². The van der Waals surface area contributed by atoms with Gasteiger partial charge in [-0.3, -0.25) is 13.9 Å². The van der Waals surface area contributed by atoms with E-state index in [1.165, 1.54) is 23.1 Å². The summed E-state index contributed by atoms with van der Waals surface area (Å²) >= 11 is 3.37. The normalized spacial score (nSPS) is 13.2. The Balaban J connectivity index is 2.37. The molecule has 0 radical (unpaired) electrons. The van der Waals surface area contributed by atoms with Gasteiger partial charge in [-0.05, 0) is 56.2 Å². The van der Waals surface area contributed by atoms with Gasteiger partial charge in [0, 0.05) is 17.1 Å². The van der Waals surface area contributed by atoms with Gasteiger partial charge in [0.2, 0.25) is 21.8 Å². The Morgan fingerprint density at radius 3 is 2.30 bits per heavy atom. The second kappa shape index (κ2) is 11.6. The number of carbonyl (C=O) groups is 2. The maximum absolute atomic E-state index is 13.7. The molecule has 0 aromatic heterocycles. The van der Waals surface area contributed by atoms with Crippen molar-refractivity contribution in [1.82, 2.24) is 10.2 Å². The van der Waals surface area contributed by atoms with E-state index in [1.54, 1.807) is 6.92 Å². The van der Waals surface area contributed by atoms with E-state index in [-0.39, 0.29) is 24.2 Å². The molecule has 180 valence electrons. The summed E-state index contributed by atoms with van der Waals surface area (Å²) in [6.45, 7) is 4.92. The van der Waals surface area contributed by atoms with Gasteiger partial charge in [-0.15, -0.1) is 0 Å². The number of amides is 2. The Hall–Kier alpha value is -2.46. The second-order valence-electron chi connectivity index (χ2n) is 7.89. The van der Waals surface area contributed by atoms with Crippen LogP contribution in [-0.2, 0) is 26.2 Å². The first-order chi connectivity index (χ1) is 15.4. The standard InChI is InChI=1S/C23H29BrFN3O4S/c1-5-16(2)26-23(30)17(3)27(14-18-9-11-19(24)12-10-18)22(29)15-28(33(4,31)32)21-8-6-7-20(25)13-21/h6-13,16-17H,5,14-15H2,1-4H3,(H,26,30)/t16-,17-/m0/s1. The third-order valence-electron chi connectivity index (χ3n) is 5.21. The largest absolute Gasteiger partial charge is 0.352 e. The highest BCUT2D eigenvalue weighted by Gasteiger charge is 2.30. The van der Waals surface area contributed by atoms with E-state index >= 15 is 0 Å². The number of rotatable bonds is 10. The fourth-order valence-electron chi connectivity index (χ4n) is 3.08. The molecule has 0 aliphatic carbocycles. The highest BCUT2D eigenvalue weighted by Crippen LogP contribution is 2.20. The molecule has 0 aliphatic heterocycles. The Kier molecular flexibility index (Phi) is 9.42. The van der Waals surface area contributed by atoms with Crippen LogP contribution in [0.1, 0.15) is 32.8 Å². The van der Waals surface area contributed by atoms with Crippen LogP contribution in [0, 0.1) is 5.82 Å². The number of hydrogen-bond donors (Lipinski definition) is 1. The minimum absolute atomic E-state index is 0.0335. The van der Waals surface area contributed by atoms with Crippen LogP contribution >= 0.6 is 15.9 Å². The Bertz CT molecular complexity index is 1080. The van der Waals surface area contributed by atoms with Gasteiger partial charge in [0.1, 0.15) is 18.4 Å². The highest BCUT2D eigenvalue weighted by atomic mass is 79.9. The molecule has 2 aromatic carbocycles. The van der Waals surface area contributed by atoms with Gasteiger partial charge in [0.25, 0.3) is 0 Å². The topological polar surface area (TPSA) is 86.8 Å². The third-order valence-corrected chi connectivity index (χ3v) is 6.88. The number of sulfonamides is 1. The molecule has 2 atom stereocenters. The molecule has 2 amide bonds. The molecule has 7 nitrogen and oxygen atoms in total. The maximum atomic E-state index is 13.7. The summed E-state index contributed by atoms with van der Waals surface area (Å²) in [5, 5.41) is 2.86. The van der Waals surface area contributed by atoms with Crippen LogP contribution in [-0.4, -0.2) is 50.0 Å². The number of carbonyl (C=O) groups excluding carboxylic acids is 2. The minimum atomic E-state index is -3.90. The first-order valence-electron chi connectivity index (χ1n) is 10.5. The molecular weight excluding hydrogens is 513 g/mol. The number of benzene rings is 2. The van der Waals surface area contributed by atoms with E-state index in [2.05, 4.69) is 21.2 Å². The lowest BCUT2D eigenvalue weighted by atomic mass is 10.1. The minimum Gasteiger partial charge on any atom is -0.352 e. The molecule has 0 aliphatic rings. The molecule has 10 heteroatoms. The molecule has 0 bridgehead atoms. The molecular formula is C23H29BrFN3O4S. The van der Waals surface area contributed by atoms with Crippen molar-refractivity contribution < 1.29 is 22.4 Å². The predicted molar refractivity (Wildman–Crippen MR) is 131 cm³/mol. The molecule has 0 spiro atoms. The fraction of sp³-hybridized carbons (Fsp3) is 0.391. The van der Waals surface area contributed by atoms with Crippen LogP contribution in [0.25, 0.3) is 0 Å². The van der Waals surface area contributed by atoms with Gasteiger partial charge in [-0.25, -0.2) is 12.8 Å². The monoisotopic (exact) mass is 541 g/mol. The van der Waals surface area contributed by atoms with Crippen molar-refractivity contribution in [3.8, 4) is 0 Å². The summed E-state index contributed by atoms with van der Waals surface area (Å²) in [6.07, 6.45) is 1.67. The Morgan fingerprint density at radius 1 is 1.12 bits per heavy atom. The molecule has 1 N–H and O–H groups in total. The van der Waals surface area contributed by atoms with Crippen molar-refractivity contribution in [2.75, 3.05) is 17.1 Å². The summed E-state index contributed by atoms with van der Waals surface area (Å²) < 4.78 is 40.3. The number of halogens is 2. The highest BCUT2D eigenvalue weighted by molar-refractivity contribution is 9.10. The molecule has 2 aromatic rings. The molecule has 0 fully saturated rings. The summed E-state index contributed by atoms with van der Waals surface area (Å²) in [5.74, 6) is -1.55. The van der Waals surface area contributed by atoms with E-state index in [0.29, 0.717) is 0 Å². The smallest absolute Gasteiger partial charge is 0.244 e. The second-order valence-corrected chi connectivity index (χ2v) is 10.7. The number of anilines is 1. The van der Waals surface area contributed by atoms with Crippen molar-refractivity contribution in [1.29, 1.82) is 0 Å². The van der Waals surface area contributed by atoms with Crippen LogP contribution < -0.4 is 9.62 Å². The SMILES string of the molecule is CC[C@H](C)NC(=O)[C@H](C)N(Cc1ccc(Br)cc1)C(=O)CN(c1cccc(F)c1)S(C)(=O)=O. The first-order valence-corrected chi connectivity index (χ1v) is 13.1.